The van der Waals surface area contributed by atoms with E-state index in [4.69, 9.17) is 0 Å². The molecule has 30 heavy (non-hydrogen) atoms. The predicted molar refractivity (Wildman–Crippen MR) is 126 cm³/mol. The van der Waals surface area contributed by atoms with E-state index >= 15 is 0 Å². The summed E-state index contributed by atoms with van der Waals surface area (Å²) >= 11 is 2.02. The predicted octanol–water partition coefficient (Wildman–Crippen LogP) is 6.29. The fraction of sp³-hybridized carbons (Fsp3) is 0.231. The number of aromatic nitrogens is 1. The highest BCUT2D eigenvalue weighted by Gasteiger charge is 2.20. The van der Waals surface area contributed by atoms with Gasteiger partial charge in [0.05, 0.1) is 11.4 Å². The first-order valence-electron chi connectivity index (χ1n) is 10.5. The molecule has 2 heterocycles. The van der Waals surface area contributed by atoms with Crippen LogP contribution >= 0.6 is 11.8 Å². The molecule has 4 aromatic rings. The van der Waals surface area contributed by atoms with Gasteiger partial charge in [-0.05, 0) is 42.1 Å². The number of thioether (sulfide) groups is 1. The third-order valence-corrected chi connectivity index (χ3v) is 6.95. The molecule has 0 N–H and O–H groups in total. The molecule has 1 aliphatic rings. The lowest BCUT2D eigenvalue weighted by atomic mass is 10.1. The molecule has 2 nitrogen and oxygen atoms in total. The molecule has 1 fully saturated rings. The van der Waals surface area contributed by atoms with E-state index < -0.39 is 0 Å². The second-order valence-corrected chi connectivity index (χ2v) is 9.07. The number of halogens is 1. The number of fused-ring (bicyclic) bond motifs is 1. The van der Waals surface area contributed by atoms with Crippen LogP contribution in [0.4, 0.5) is 4.39 Å². The van der Waals surface area contributed by atoms with Crippen molar-refractivity contribution in [1.82, 2.24) is 9.47 Å². The van der Waals surface area contributed by atoms with Crippen LogP contribution in [-0.2, 0) is 6.54 Å². The third kappa shape index (κ3) is 3.55. The van der Waals surface area contributed by atoms with Gasteiger partial charge in [0.1, 0.15) is 5.82 Å². The summed E-state index contributed by atoms with van der Waals surface area (Å²) < 4.78 is 17.1. The van der Waals surface area contributed by atoms with Crippen LogP contribution in [0.15, 0.2) is 72.8 Å². The maximum Gasteiger partial charge on any atom is 0.132 e. The van der Waals surface area contributed by atoms with Gasteiger partial charge in [0.2, 0.25) is 0 Å². The summed E-state index contributed by atoms with van der Waals surface area (Å²) in [5.74, 6) is 2.18. The molecular formula is C26H25FN2S. The van der Waals surface area contributed by atoms with Crippen molar-refractivity contribution in [3.63, 3.8) is 0 Å². The molecule has 0 saturated carbocycles. The van der Waals surface area contributed by atoms with E-state index in [0.29, 0.717) is 5.56 Å². The Kier molecular flexibility index (Phi) is 5.36. The minimum atomic E-state index is -0.183. The van der Waals surface area contributed by atoms with Gasteiger partial charge >= 0.3 is 0 Å². The highest BCUT2D eigenvalue weighted by molar-refractivity contribution is 7.99. The van der Waals surface area contributed by atoms with Gasteiger partial charge in [0.25, 0.3) is 0 Å². The largest absolute Gasteiger partial charge is 0.313 e. The van der Waals surface area contributed by atoms with Gasteiger partial charge in [-0.3, -0.25) is 4.90 Å². The van der Waals surface area contributed by atoms with E-state index in [2.05, 4.69) is 64.9 Å². The average Bonchev–Trinajstić information content (AvgIpc) is 3.10. The van der Waals surface area contributed by atoms with Gasteiger partial charge in [-0.25, -0.2) is 4.39 Å². The highest BCUT2D eigenvalue weighted by Crippen LogP contribution is 2.34. The summed E-state index contributed by atoms with van der Waals surface area (Å²) in [6, 6.07) is 24.1. The molecule has 0 radical (unpaired) electrons. The SMILES string of the molecule is Cc1c(CN2CCSCC2)cc(-c2ccccc2F)n1-c1cccc2ccccc12. The van der Waals surface area contributed by atoms with Crippen LogP contribution < -0.4 is 0 Å². The monoisotopic (exact) mass is 416 g/mol. The molecule has 3 aromatic carbocycles. The lowest BCUT2D eigenvalue weighted by Gasteiger charge is -2.26. The van der Waals surface area contributed by atoms with E-state index in [1.807, 2.05) is 23.9 Å². The van der Waals surface area contributed by atoms with Crippen LogP contribution in [0.5, 0.6) is 0 Å². The standard InChI is InChI=1S/C26H25FN2S/c1-19-21(18-28-13-15-30-16-14-28)17-26(23-10-4-5-11-24(23)27)29(19)25-12-6-8-20-7-2-3-9-22(20)25/h2-12,17H,13-16,18H2,1H3. The summed E-state index contributed by atoms with van der Waals surface area (Å²) in [7, 11) is 0. The average molecular weight is 417 g/mol. The fourth-order valence-electron chi connectivity index (χ4n) is 4.40. The van der Waals surface area contributed by atoms with Crippen molar-refractivity contribution in [2.75, 3.05) is 24.6 Å². The number of benzene rings is 3. The van der Waals surface area contributed by atoms with Crippen LogP contribution in [0.25, 0.3) is 27.7 Å². The zero-order valence-corrected chi connectivity index (χ0v) is 18.0. The van der Waals surface area contributed by atoms with Crippen LogP contribution in [0.3, 0.4) is 0 Å². The molecule has 0 spiro atoms. The molecule has 1 saturated heterocycles. The van der Waals surface area contributed by atoms with E-state index in [9.17, 15) is 4.39 Å². The van der Waals surface area contributed by atoms with Gasteiger partial charge in [0, 0.05) is 47.8 Å². The molecule has 0 aliphatic carbocycles. The van der Waals surface area contributed by atoms with Gasteiger partial charge in [-0.15, -0.1) is 0 Å². The Bertz CT molecular complexity index is 1190. The summed E-state index contributed by atoms with van der Waals surface area (Å²) in [5, 5.41) is 2.37. The summed E-state index contributed by atoms with van der Waals surface area (Å²) in [6.45, 7) is 5.29. The zero-order valence-electron chi connectivity index (χ0n) is 17.1. The molecule has 0 bridgehead atoms. The molecule has 4 heteroatoms. The lowest BCUT2D eigenvalue weighted by Crippen LogP contribution is -2.32. The van der Waals surface area contributed by atoms with Gasteiger partial charge < -0.3 is 4.57 Å². The quantitative estimate of drug-likeness (QED) is 0.386. The Hall–Kier alpha value is -2.56. The van der Waals surface area contributed by atoms with E-state index in [1.54, 1.807) is 12.1 Å². The summed E-state index contributed by atoms with van der Waals surface area (Å²) in [5.41, 5.74) is 5.12. The van der Waals surface area contributed by atoms with E-state index in [-0.39, 0.29) is 5.82 Å². The minimum Gasteiger partial charge on any atom is -0.313 e. The van der Waals surface area contributed by atoms with E-state index in [1.165, 1.54) is 33.5 Å². The molecular weight excluding hydrogens is 391 g/mol. The Labute approximate surface area is 181 Å². The van der Waals surface area contributed by atoms with Crippen molar-refractivity contribution < 1.29 is 4.39 Å². The maximum atomic E-state index is 14.9. The van der Waals surface area contributed by atoms with Gasteiger partial charge in [0.15, 0.2) is 0 Å². The molecule has 5 rings (SSSR count). The van der Waals surface area contributed by atoms with Crippen molar-refractivity contribution in [3.8, 4) is 16.9 Å². The first kappa shape index (κ1) is 19.4. The third-order valence-electron chi connectivity index (χ3n) is 6.01. The first-order chi connectivity index (χ1) is 14.7. The maximum absolute atomic E-state index is 14.9. The smallest absolute Gasteiger partial charge is 0.132 e. The van der Waals surface area contributed by atoms with Crippen LogP contribution in [-0.4, -0.2) is 34.1 Å². The Morgan fingerprint density at radius 1 is 0.900 bits per heavy atom. The molecule has 152 valence electrons. The fourth-order valence-corrected chi connectivity index (χ4v) is 5.38. The normalized spacial score (nSPS) is 15.0. The van der Waals surface area contributed by atoms with Gasteiger partial charge in [-0.2, -0.15) is 11.8 Å². The number of nitrogens with zero attached hydrogens (tertiary/aromatic N) is 2. The second kappa shape index (κ2) is 8.29. The second-order valence-electron chi connectivity index (χ2n) is 7.84. The number of hydrogen-bond acceptors (Lipinski definition) is 2. The topological polar surface area (TPSA) is 8.17 Å². The Morgan fingerprint density at radius 2 is 1.63 bits per heavy atom. The zero-order chi connectivity index (χ0) is 20.5. The van der Waals surface area contributed by atoms with Crippen molar-refractivity contribution in [1.29, 1.82) is 0 Å². The van der Waals surface area contributed by atoms with E-state index in [0.717, 1.165) is 31.0 Å². The van der Waals surface area contributed by atoms with Crippen molar-refractivity contribution in [2.45, 2.75) is 13.5 Å². The summed E-state index contributed by atoms with van der Waals surface area (Å²) in [4.78, 5) is 2.51. The highest BCUT2D eigenvalue weighted by atomic mass is 32.2. The molecule has 1 aliphatic heterocycles. The van der Waals surface area contributed by atoms with Gasteiger partial charge in [-0.1, -0.05) is 48.5 Å². The minimum absolute atomic E-state index is 0.183. The molecule has 1 aromatic heterocycles. The van der Waals surface area contributed by atoms with Crippen molar-refractivity contribution in [2.24, 2.45) is 0 Å². The van der Waals surface area contributed by atoms with Crippen LogP contribution in [0, 0.1) is 12.7 Å². The van der Waals surface area contributed by atoms with Crippen LogP contribution in [0.2, 0.25) is 0 Å². The lowest BCUT2D eigenvalue weighted by molar-refractivity contribution is 0.294. The molecule has 0 amide bonds. The first-order valence-corrected chi connectivity index (χ1v) is 11.6. The molecule has 0 atom stereocenters. The van der Waals surface area contributed by atoms with Crippen molar-refractivity contribution in [3.05, 3.63) is 89.9 Å². The number of rotatable bonds is 4. The molecule has 0 unspecified atom stereocenters. The van der Waals surface area contributed by atoms with Crippen molar-refractivity contribution >= 4 is 22.5 Å². The Balaban J connectivity index is 1.71. The van der Waals surface area contributed by atoms with Crippen LogP contribution in [0.1, 0.15) is 11.3 Å². The summed E-state index contributed by atoms with van der Waals surface area (Å²) in [6.07, 6.45) is 0. The Morgan fingerprint density at radius 3 is 2.47 bits per heavy atom. The number of hydrogen-bond donors (Lipinski definition) is 0.